The van der Waals surface area contributed by atoms with Gasteiger partial charge in [-0.1, -0.05) is 44.9 Å². The molecular formula is C28H43NO. The van der Waals surface area contributed by atoms with Gasteiger partial charge < -0.3 is 10.1 Å². The molecule has 2 saturated heterocycles. The van der Waals surface area contributed by atoms with Crippen LogP contribution >= 0.6 is 0 Å². The Hall–Kier alpha value is -0.600. The molecular weight excluding hydrogens is 366 g/mol. The summed E-state index contributed by atoms with van der Waals surface area (Å²) < 4.78 is 7.06. The fourth-order valence-corrected chi connectivity index (χ4v) is 9.29. The second-order valence-electron chi connectivity index (χ2n) is 12.6. The molecule has 0 aromatic rings. The van der Waals surface area contributed by atoms with Crippen molar-refractivity contribution in [1.29, 1.82) is 0 Å². The fourth-order valence-electron chi connectivity index (χ4n) is 9.29. The normalized spacial score (nSPS) is 55.0. The third-order valence-corrected chi connectivity index (χ3v) is 11.2. The van der Waals surface area contributed by atoms with E-state index in [4.69, 9.17) is 4.74 Å². The fraction of sp³-hybridized carbons (Fsp3) is 0.857. The van der Waals surface area contributed by atoms with Gasteiger partial charge in [0.15, 0.2) is 0 Å². The van der Waals surface area contributed by atoms with Crippen LogP contribution in [0.2, 0.25) is 0 Å². The highest BCUT2D eigenvalue weighted by Gasteiger charge is 2.60. The standard InChI is InChI=1S/C28H43NO/c1-16-8-10-27(5)20(12-16)6-7-22-21-9-11-28(18(3)23(21)14-24(22)27)19(4)26-25(30-28)13-17(2)15-29-26/h6,16-17,19,21-22,24-26,29H,7-15H2,1-5H3/t16-,17-,19+,21?,22-,24-,25+,26-,27-,28-/m0/s1. The smallest absolute Gasteiger partial charge is 0.0937 e. The van der Waals surface area contributed by atoms with E-state index in [-0.39, 0.29) is 5.60 Å². The Morgan fingerprint density at radius 2 is 1.90 bits per heavy atom. The maximum Gasteiger partial charge on any atom is 0.0937 e. The Morgan fingerprint density at radius 3 is 2.73 bits per heavy atom. The van der Waals surface area contributed by atoms with Crippen molar-refractivity contribution in [2.24, 2.45) is 40.9 Å². The van der Waals surface area contributed by atoms with Gasteiger partial charge in [-0.15, -0.1) is 0 Å². The van der Waals surface area contributed by atoms with Gasteiger partial charge in [-0.2, -0.15) is 0 Å². The van der Waals surface area contributed by atoms with Crippen molar-refractivity contribution < 1.29 is 4.74 Å². The molecule has 6 rings (SSSR count). The monoisotopic (exact) mass is 409 g/mol. The van der Waals surface area contributed by atoms with E-state index in [9.17, 15) is 0 Å². The molecule has 4 aliphatic carbocycles. The SMILES string of the molecule is CC1=C2C[C@H]3[C@@H](CC=C4C[C@@H](C)CC[C@@]43C)C2CC[C@]12O[C@@H]1C[C@H](C)CN[C@H]1[C@H]2C. The number of hydrogen-bond donors (Lipinski definition) is 1. The van der Waals surface area contributed by atoms with E-state index >= 15 is 0 Å². The second-order valence-corrected chi connectivity index (χ2v) is 12.6. The molecule has 0 bridgehead atoms. The molecule has 2 nitrogen and oxygen atoms in total. The van der Waals surface area contributed by atoms with Crippen LogP contribution in [0.1, 0.15) is 86.0 Å². The first-order valence-electron chi connectivity index (χ1n) is 13.1. The zero-order chi connectivity index (χ0) is 20.8. The van der Waals surface area contributed by atoms with Gasteiger partial charge in [0.25, 0.3) is 0 Å². The van der Waals surface area contributed by atoms with Crippen molar-refractivity contribution in [2.45, 2.75) is 104 Å². The largest absolute Gasteiger partial charge is 0.365 e. The molecule has 166 valence electrons. The van der Waals surface area contributed by atoms with Crippen LogP contribution in [0.4, 0.5) is 0 Å². The van der Waals surface area contributed by atoms with Crippen LogP contribution in [0, 0.1) is 40.9 Å². The predicted molar refractivity (Wildman–Crippen MR) is 123 cm³/mol. The van der Waals surface area contributed by atoms with Crippen LogP contribution in [0.25, 0.3) is 0 Å². The van der Waals surface area contributed by atoms with E-state index in [2.05, 4.69) is 46.0 Å². The van der Waals surface area contributed by atoms with E-state index in [1.54, 1.807) is 5.57 Å². The Balaban J connectivity index is 1.34. The molecule has 1 unspecified atom stereocenters. The van der Waals surface area contributed by atoms with Crippen molar-refractivity contribution in [3.63, 3.8) is 0 Å². The molecule has 1 spiro atoms. The summed E-state index contributed by atoms with van der Waals surface area (Å²) in [6, 6.07) is 0.558. The Kier molecular flexibility index (Phi) is 4.48. The number of ether oxygens (including phenoxy) is 1. The Morgan fingerprint density at radius 1 is 1.07 bits per heavy atom. The minimum Gasteiger partial charge on any atom is -0.365 e. The van der Waals surface area contributed by atoms with Gasteiger partial charge >= 0.3 is 0 Å². The van der Waals surface area contributed by atoms with Gasteiger partial charge in [-0.05, 0) is 105 Å². The molecule has 2 aliphatic heterocycles. The average molecular weight is 410 g/mol. The summed E-state index contributed by atoms with van der Waals surface area (Å²) >= 11 is 0. The summed E-state index contributed by atoms with van der Waals surface area (Å²) in [6.45, 7) is 13.6. The number of piperidine rings is 1. The maximum atomic E-state index is 7.06. The maximum absolute atomic E-state index is 7.06. The third-order valence-electron chi connectivity index (χ3n) is 11.2. The van der Waals surface area contributed by atoms with E-state index in [0.29, 0.717) is 23.5 Å². The van der Waals surface area contributed by atoms with Crippen LogP contribution in [0.15, 0.2) is 22.8 Å². The summed E-state index contributed by atoms with van der Waals surface area (Å²) in [5, 5.41) is 3.87. The highest BCUT2D eigenvalue weighted by molar-refractivity contribution is 5.38. The van der Waals surface area contributed by atoms with E-state index in [0.717, 1.165) is 29.6 Å². The second kappa shape index (κ2) is 6.70. The van der Waals surface area contributed by atoms with Gasteiger partial charge in [0.2, 0.25) is 0 Å². The quantitative estimate of drug-likeness (QED) is 0.476. The molecule has 4 fully saturated rings. The highest BCUT2D eigenvalue weighted by Crippen LogP contribution is 2.65. The first-order valence-corrected chi connectivity index (χ1v) is 13.1. The number of hydrogen-bond acceptors (Lipinski definition) is 2. The molecule has 30 heavy (non-hydrogen) atoms. The lowest BCUT2D eigenvalue weighted by atomic mass is 9.55. The number of nitrogens with one attached hydrogen (secondary N) is 1. The topological polar surface area (TPSA) is 21.3 Å². The molecule has 2 heteroatoms. The third kappa shape index (κ3) is 2.56. The minimum atomic E-state index is 0.0178. The summed E-state index contributed by atoms with van der Waals surface area (Å²) in [5.41, 5.74) is 5.82. The minimum absolute atomic E-state index is 0.0178. The van der Waals surface area contributed by atoms with Crippen molar-refractivity contribution in [1.82, 2.24) is 5.32 Å². The lowest BCUT2D eigenvalue weighted by molar-refractivity contribution is -0.0549. The van der Waals surface area contributed by atoms with Gasteiger partial charge in [0.1, 0.15) is 0 Å². The Bertz CT molecular complexity index is 796. The molecule has 0 amide bonds. The molecule has 0 aromatic heterocycles. The summed E-state index contributed by atoms with van der Waals surface area (Å²) in [4.78, 5) is 0. The van der Waals surface area contributed by atoms with E-state index < -0.39 is 0 Å². The average Bonchev–Trinajstić information content (AvgIpc) is 3.23. The highest BCUT2D eigenvalue weighted by atomic mass is 16.5. The van der Waals surface area contributed by atoms with Gasteiger partial charge in [-0.3, -0.25) is 0 Å². The van der Waals surface area contributed by atoms with Crippen molar-refractivity contribution in [3.05, 3.63) is 22.8 Å². The number of fused-ring (bicyclic) bond motifs is 6. The summed E-state index contributed by atoms with van der Waals surface area (Å²) in [6.07, 6.45) is 13.9. The van der Waals surface area contributed by atoms with Gasteiger partial charge in [0.05, 0.1) is 11.7 Å². The summed E-state index contributed by atoms with van der Waals surface area (Å²) in [5.74, 6) is 4.84. The predicted octanol–water partition coefficient (Wildman–Crippen LogP) is 6.28. The first-order chi connectivity index (χ1) is 14.3. The molecule has 2 saturated carbocycles. The van der Waals surface area contributed by atoms with Crippen molar-refractivity contribution in [2.75, 3.05) is 6.54 Å². The van der Waals surface area contributed by atoms with E-state index in [1.807, 2.05) is 11.1 Å². The van der Waals surface area contributed by atoms with Crippen LogP contribution in [0.3, 0.4) is 0 Å². The van der Waals surface area contributed by atoms with Crippen LogP contribution in [-0.2, 0) is 4.74 Å². The van der Waals surface area contributed by atoms with Crippen molar-refractivity contribution in [3.8, 4) is 0 Å². The van der Waals surface area contributed by atoms with E-state index in [1.165, 1.54) is 57.9 Å². The van der Waals surface area contributed by atoms with Crippen molar-refractivity contribution >= 4 is 0 Å². The first kappa shape index (κ1) is 20.0. The number of rotatable bonds is 0. The lowest BCUT2D eigenvalue weighted by Gasteiger charge is -2.49. The molecule has 1 N–H and O–H groups in total. The zero-order valence-corrected chi connectivity index (χ0v) is 20.0. The zero-order valence-electron chi connectivity index (χ0n) is 20.0. The Labute approximate surface area is 184 Å². The van der Waals surface area contributed by atoms with Gasteiger partial charge in [0, 0.05) is 12.0 Å². The number of allylic oxidation sites excluding steroid dienone is 3. The molecule has 0 radical (unpaired) electrons. The van der Waals surface area contributed by atoms with Crippen LogP contribution < -0.4 is 5.32 Å². The molecule has 0 aromatic carbocycles. The lowest BCUT2D eigenvalue weighted by Crippen LogP contribution is -2.49. The molecule has 10 atom stereocenters. The molecule has 6 aliphatic rings. The van der Waals surface area contributed by atoms with Gasteiger partial charge in [-0.25, -0.2) is 0 Å². The molecule has 2 heterocycles. The van der Waals surface area contributed by atoms with Crippen LogP contribution in [-0.4, -0.2) is 24.3 Å². The summed E-state index contributed by atoms with van der Waals surface area (Å²) in [7, 11) is 0. The van der Waals surface area contributed by atoms with Crippen LogP contribution in [0.5, 0.6) is 0 Å².